The summed E-state index contributed by atoms with van der Waals surface area (Å²) in [5.41, 5.74) is 1.57. The zero-order valence-electron chi connectivity index (χ0n) is 9.85. The van der Waals surface area contributed by atoms with Crippen LogP contribution in [-0.4, -0.2) is 10.1 Å². The molecule has 0 fully saturated rings. The quantitative estimate of drug-likeness (QED) is 0.914. The first-order valence-corrected chi connectivity index (χ1v) is 6.38. The second-order valence-corrected chi connectivity index (χ2v) is 4.96. The summed E-state index contributed by atoms with van der Waals surface area (Å²) in [6, 6.07) is 8.96. The molecule has 1 heterocycles. The summed E-state index contributed by atoms with van der Waals surface area (Å²) in [6.45, 7) is 1.93. The van der Waals surface area contributed by atoms with Crippen LogP contribution in [0.1, 0.15) is 30.1 Å². The van der Waals surface area contributed by atoms with E-state index in [1.165, 1.54) is 0 Å². The lowest BCUT2D eigenvalue weighted by molar-refractivity contribution is 0.152. The molecule has 2 nitrogen and oxygen atoms in total. The molecule has 18 heavy (non-hydrogen) atoms. The first kappa shape index (κ1) is 13.3. The molecule has 0 spiro atoms. The second-order valence-electron chi connectivity index (χ2n) is 4.15. The molecule has 0 radical (unpaired) electrons. The van der Waals surface area contributed by atoms with E-state index in [9.17, 15) is 5.11 Å². The topological polar surface area (TPSA) is 33.1 Å². The molecule has 2 rings (SSSR count). The first-order chi connectivity index (χ1) is 8.61. The predicted molar refractivity (Wildman–Crippen MR) is 74.1 cm³/mol. The van der Waals surface area contributed by atoms with Crippen molar-refractivity contribution in [2.75, 3.05) is 0 Å². The molecule has 0 saturated carbocycles. The minimum Gasteiger partial charge on any atom is -0.388 e. The van der Waals surface area contributed by atoms with Crippen LogP contribution in [0.3, 0.4) is 0 Å². The number of rotatable bonds is 3. The molecule has 0 saturated heterocycles. The Hall–Kier alpha value is -1.09. The Morgan fingerprint density at radius 2 is 1.61 bits per heavy atom. The van der Waals surface area contributed by atoms with Crippen LogP contribution in [0.15, 0.2) is 42.7 Å². The number of aliphatic hydroxyl groups excluding tert-OH is 1. The number of hydrogen-bond acceptors (Lipinski definition) is 2. The molecule has 1 aromatic carbocycles. The smallest absolute Gasteiger partial charge is 0.0884 e. The Morgan fingerprint density at radius 1 is 1.06 bits per heavy atom. The van der Waals surface area contributed by atoms with Crippen LogP contribution in [0.2, 0.25) is 10.0 Å². The van der Waals surface area contributed by atoms with Gasteiger partial charge >= 0.3 is 0 Å². The lowest BCUT2D eigenvalue weighted by Gasteiger charge is -2.21. The van der Waals surface area contributed by atoms with Gasteiger partial charge in [0.05, 0.1) is 6.10 Å². The van der Waals surface area contributed by atoms with Gasteiger partial charge in [-0.25, -0.2) is 0 Å². The van der Waals surface area contributed by atoms with Gasteiger partial charge in [0.1, 0.15) is 0 Å². The molecule has 0 bridgehead atoms. The summed E-state index contributed by atoms with van der Waals surface area (Å²) >= 11 is 12.2. The fourth-order valence-corrected chi connectivity index (χ4v) is 2.51. The molecule has 0 aliphatic heterocycles. The van der Waals surface area contributed by atoms with Crippen LogP contribution in [-0.2, 0) is 0 Å². The number of benzene rings is 1. The number of aromatic nitrogens is 1. The van der Waals surface area contributed by atoms with Crippen molar-refractivity contribution in [2.45, 2.75) is 18.9 Å². The van der Waals surface area contributed by atoms with E-state index in [1.807, 2.05) is 19.1 Å². The van der Waals surface area contributed by atoms with Gasteiger partial charge in [-0.05, 0) is 29.8 Å². The van der Waals surface area contributed by atoms with Crippen LogP contribution < -0.4 is 0 Å². The van der Waals surface area contributed by atoms with Crippen LogP contribution in [0.25, 0.3) is 0 Å². The molecule has 94 valence electrons. The normalized spacial score (nSPS) is 14.2. The summed E-state index contributed by atoms with van der Waals surface area (Å²) in [7, 11) is 0. The van der Waals surface area contributed by atoms with Crippen molar-refractivity contribution < 1.29 is 5.11 Å². The molecule has 0 aliphatic carbocycles. The van der Waals surface area contributed by atoms with Crippen LogP contribution in [0, 0.1) is 0 Å². The van der Waals surface area contributed by atoms with Crippen LogP contribution >= 0.6 is 23.2 Å². The summed E-state index contributed by atoms with van der Waals surface area (Å²) in [5, 5.41) is 11.4. The van der Waals surface area contributed by atoms with Crippen LogP contribution in [0.5, 0.6) is 0 Å². The maximum atomic E-state index is 10.4. The van der Waals surface area contributed by atoms with E-state index in [0.717, 1.165) is 5.56 Å². The molecule has 1 N–H and O–H groups in total. The maximum Gasteiger partial charge on any atom is 0.0884 e. The van der Waals surface area contributed by atoms with Gasteiger partial charge in [-0.3, -0.25) is 4.98 Å². The molecule has 2 atom stereocenters. The highest BCUT2D eigenvalue weighted by Gasteiger charge is 2.22. The SMILES string of the molecule is CC(c1ccncc1)C(O)c1c(Cl)cccc1Cl. The highest BCUT2D eigenvalue weighted by molar-refractivity contribution is 6.36. The third-order valence-electron chi connectivity index (χ3n) is 3.00. The summed E-state index contributed by atoms with van der Waals surface area (Å²) in [5.74, 6) is -0.106. The van der Waals surface area contributed by atoms with Gasteiger partial charge in [0.25, 0.3) is 0 Å². The molecular formula is C14H13Cl2NO. The second kappa shape index (κ2) is 5.70. The van der Waals surface area contributed by atoms with E-state index >= 15 is 0 Å². The van der Waals surface area contributed by atoms with Gasteiger partial charge < -0.3 is 5.11 Å². The zero-order chi connectivity index (χ0) is 13.1. The Morgan fingerprint density at radius 3 is 2.17 bits per heavy atom. The fraction of sp³-hybridized carbons (Fsp3) is 0.214. The minimum atomic E-state index is -0.742. The zero-order valence-corrected chi connectivity index (χ0v) is 11.4. The highest BCUT2D eigenvalue weighted by atomic mass is 35.5. The monoisotopic (exact) mass is 281 g/mol. The van der Waals surface area contributed by atoms with E-state index in [-0.39, 0.29) is 5.92 Å². The molecule has 4 heteroatoms. The molecule has 1 aromatic heterocycles. The highest BCUT2D eigenvalue weighted by Crippen LogP contribution is 2.37. The maximum absolute atomic E-state index is 10.4. The third-order valence-corrected chi connectivity index (χ3v) is 3.66. The van der Waals surface area contributed by atoms with E-state index in [2.05, 4.69) is 4.98 Å². The van der Waals surface area contributed by atoms with Crippen molar-refractivity contribution in [2.24, 2.45) is 0 Å². The third kappa shape index (κ3) is 2.66. The standard InChI is InChI=1S/C14H13Cl2NO/c1-9(10-5-7-17-8-6-10)14(18)13-11(15)3-2-4-12(13)16/h2-9,14,18H,1H3. The van der Waals surface area contributed by atoms with Crippen molar-refractivity contribution in [3.8, 4) is 0 Å². The van der Waals surface area contributed by atoms with Gasteiger partial charge in [0, 0.05) is 33.9 Å². The lowest BCUT2D eigenvalue weighted by atomic mass is 9.91. The number of nitrogens with zero attached hydrogens (tertiary/aromatic N) is 1. The summed E-state index contributed by atoms with van der Waals surface area (Å²) in [4.78, 5) is 3.96. The largest absolute Gasteiger partial charge is 0.388 e. The first-order valence-electron chi connectivity index (χ1n) is 5.63. The Bertz CT molecular complexity index is 510. The predicted octanol–water partition coefficient (Wildman–Crippen LogP) is 4.23. The van der Waals surface area contributed by atoms with Gasteiger partial charge in [0.15, 0.2) is 0 Å². The number of aliphatic hydroxyl groups is 1. The Labute approximate surface area is 116 Å². The molecule has 0 amide bonds. The van der Waals surface area contributed by atoms with Crippen molar-refractivity contribution in [1.82, 2.24) is 4.98 Å². The van der Waals surface area contributed by atoms with E-state index in [4.69, 9.17) is 23.2 Å². The lowest BCUT2D eigenvalue weighted by Crippen LogP contribution is -2.09. The van der Waals surface area contributed by atoms with Gasteiger partial charge in [-0.1, -0.05) is 36.2 Å². The van der Waals surface area contributed by atoms with Crippen molar-refractivity contribution in [3.63, 3.8) is 0 Å². The Balaban J connectivity index is 2.34. The Kier molecular flexibility index (Phi) is 4.23. The van der Waals surface area contributed by atoms with E-state index < -0.39 is 6.10 Å². The summed E-state index contributed by atoms with van der Waals surface area (Å²) in [6.07, 6.45) is 2.66. The van der Waals surface area contributed by atoms with Gasteiger partial charge in [-0.2, -0.15) is 0 Å². The van der Waals surface area contributed by atoms with Gasteiger partial charge in [0.2, 0.25) is 0 Å². The van der Waals surface area contributed by atoms with Crippen molar-refractivity contribution in [3.05, 3.63) is 63.9 Å². The van der Waals surface area contributed by atoms with Gasteiger partial charge in [-0.15, -0.1) is 0 Å². The van der Waals surface area contributed by atoms with Crippen LogP contribution in [0.4, 0.5) is 0 Å². The molecule has 0 aliphatic rings. The average molecular weight is 282 g/mol. The van der Waals surface area contributed by atoms with E-state index in [1.54, 1.807) is 30.6 Å². The molecule has 2 aromatic rings. The number of halogens is 2. The average Bonchev–Trinajstić information content (AvgIpc) is 2.38. The molecule has 2 unspecified atom stereocenters. The number of pyridine rings is 1. The van der Waals surface area contributed by atoms with Crippen molar-refractivity contribution >= 4 is 23.2 Å². The number of hydrogen-bond donors (Lipinski definition) is 1. The fourth-order valence-electron chi connectivity index (χ4n) is 1.89. The van der Waals surface area contributed by atoms with E-state index in [0.29, 0.717) is 15.6 Å². The molecular weight excluding hydrogens is 269 g/mol. The van der Waals surface area contributed by atoms with Crippen molar-refractivity contribution in [1.29, 1.82) is 0 Å². The minimum absolute atomic E-state index is 0.106. The summed E-state index contributed by atoms with van der Waals surface area (Å²) < 4.78 is 0.